The second-order valence-electron chi connectivity index (χ2n) is 5.03. The Kier molecular flexibility index (Phi) is 5.30. The van der Waals surface area contributed by atoms with E-state index in [1.54, 1.807) is 19.2 Å². The number of benzene rings is 1. The maximum absolute atomic E-state index is 11.4. The smallest absolute Gasteiger partial charge is 0.271 e. The first-order valence-corrected chi connectivity index (χ1v) is 7.15. The van der Waals surface area contributed by atoms with Gasteiger partial charge < -0.3 is 15.1 Å². The largest absolute Gasteiger partial charge is 0.373 e. The summed E-state index contributed by atoms with van der Waals surface area (Å²) in [7, 11) is 5.59. The summed E-state index contributed by atoms with van der Waals surface area (Å²) in [5.74, 6) is 0.514. The Morgan fingerprint density at radius 3 is 2.27 bits per heavy atom. The third-order valence-electron chi connectivity index (χ3n) is 3.47. The van der Waals surface area contributed by atoms with Crippen LogP contribution < -0.4 is 15.1 Å². The summed E-state index contributed by atoms with van der Waals surface area (Å²) in [5.41, 5.74) is 1.50. The molecule has 2 rings (SSSR count). The molecule has 6 heteroatoms. The van der Waals surface area contributed by atoms with Crippen molar-refractivity contribution in [3.05, 3.63) is 48.2 Å². The predicted octanol–water partition coefficient (Wildman–Crippen LogP) is 1.41. The van der Waals surface area contributed by atoms with Gasteiger partial charge >= 0.3 is 0 Å². The average molecular weight is 299 g/mol. The van der Waals surface area contributed by atoms with Crippen molar-refractivity contribution in [3.63, 3.8) is 0 Å². The minimum absolute atomic E-state index is 0.231. The molecular weight excluding hydrogens is 278 g/mol. The summed E-state index contributed by atoms with van der Waals surface area (Å²) in [6.45, 7) is 1.67. The molecule has 0 fully saturated rings. The molecule has 0 spiro atoms. The summed E-state index contributed by atoms with van der Waals surface area (Å²) in [5, 5.41) is 10.6. The molecule has 0 atom stereocenters. The van der Waals surface area contributed by atoms with Crippen LogP contribution in [0.2, 0.25) is 0 Å². The van der Waals surface area contributed by atoms with Crippen molar-refractivity contribution in [1.29, 1.82) is 0 Å². The fraction of sp³-hybridized carbons (Fsp3) is 0.312. The molecule has 0 bridgehead atoms. The van der Waals surface area contributed by atoms with Gasteiger partial charge in [0, 0.05) is 39.9 Å². The van der Waals surface area contributed by atoms with Gasteiger partial charge in [-0.1, -0.05) is 18.2 Å². The first kappa shape index (κ1) is 15.8. The van der Waals surface area contributed by atoms with Crippen molar-refractivity contribution in [1.82, 2.24) is 15.5 Å². The third kappa shape index (κ3) is 3.94. The van der Waals surface area contributed by atoms with Crippen molar-refractivity contribution in [3.8, 4) is 0 Å². The van der Waals surface area contributed by atoms with Crippen molar-refractivity contribution in [2.45, 2.75) is 0 Å². The number of hydrogen-bond donors (Lipinski definition) is 1. The van der Waals surface area contributed by atoms with E-state index in [2.05, 4.69) is 39.6 Å². The molecular formula is C16H21N5O. The average Bonchev–Trinajstić information content (AvgIpc) is 2.59. The maximum atomic E-state index is 11.4. The number of nitrogens with zero attached hydrogens (tertiary/aromatic N) is 4. The number of carbonyl (C=O) groups is 1. The lowest BCUT2D eigenvalue weighted by molar-refractivity contribution is 0.0957. The minimum Gasteiger partial charge on any atom is -0.373 e. The molecule has 22 heavy (non-hydrogen) atoms. The fourth-order valence-electron chi connectivity index (χ4n) is 2.00. The molecule has 0 aliphatic rings. The lowest BCUT2D eigenvalue weighted by Gasteiger charge is -2.24. The zero-order valence-corrected chi connectivity index (χ0v) is 13.2. The van der Waals surface area contributed by atoms with Crippen LogP contribution >= 0.6 is 0 Å². The van der Waals surface area contributed by atoms with E-state index in [1.165, 1.54) is 5.69 Å². The van der Waals surface area contributed by atoms with E-state index in [4.69, 9.17) is 0 Å². The van der Waals surface area contributed by atoms with E-state index in [0.29, 0.717) is 5.69 Å². The van der Waals surface area contributed by atoms with Crippen molar-refractivity contribution >= 4 is 17.4 Å². The van der Waals surface area contributed by atoms with Gasteiger partial charge in [0.15, 0.2) is 11.5 Å². The van der Waals surface area contributed by atoms with Crippen molar-refractivity contribution in [2.75, 3.05) is 44.0 Å². The molecule has 1 aromatic carbocycles. The van der Waals surface area contributed by atoms with Crippen LogP contribution in [0.1, 0.15) is 10.5 Å². The van der Waals surface area contributed by atoms with Crippen molar-refractivity contribution < 1.29 is 4.79 Å². The van der Waals surface area contributed by atoms with Gasteiger partial charge in [0.2, 0.25) is 0 Å². The van der Waals surface area contributed by atoms with Crippen LogP contribution in [-0.4, -0.2) is 50.3 Å². The molecule has 1 aromatic heterocycles. The number of likely N-dealkylation sites (N-methyl/N-ethyl adjacent to an activating group) is 2. The number of aromatic nitrogens is 2. The van der Waals surface area contributed by atoms with Crippen LogP contribution in [0.25, 0.3) is 0 Å². The Morgan fingerprint density at radius 2 is 1.68 bits per heavy atom. The van der Waals surface area contributed by atoms with Crippen LogP contribution in [-0.2, 0) is 0 Å². The zero-order valence-electron chi connectivity index (χ0n) is 13.2. The van der Waals surface area contributed by atoms with Crippen LogP contribution in [0.15, 0.2) is 42.5 Å². The van der Waals surface area contributed by atoms with Crippen LogP contribution in [0, 0.1) is 0 Å². The number of amides is 1. The molecule has 116 valence electrons. The lowest BCUT2D eigenvalue weighted by atomic mass is 10.3. The highest BCUT2D eigenvalue weighted by Crippen LogP contribution is 2.12. The summed E-state index contributed by atoms with van der Waals surface area (Å²) in [6.07, 6.45) is 0. The van der Waals surface area contributed by atoms with Crippen LogP contribution in [0.3, 0.4) is 0 Å². The Balaban J connectivity index is 1.92. The Morgan fingerprint density at radius 1 is 1.00 bits per heavy atom. The summed E-state index contributed by atoms with van der Waals surface area (Å²) >= 11 is 0. The molecule has 0 aliphatic carbocycles. The van der Waals surface area contributed by atoms with Gasteiger partial charge in [0.1, 0.15) is 0 Å². The van der Waals surface area contributed by atoms with Gasteiger partial charge in [-0.15, -0.1) is 10.2 Å². The second-order valence-corrected chi connectivity index (χ2v) is 5.03. The molecule has 1 heterocycles. The van der Waals surface area contributed by atoms with Gasteiger partial charge in [0.25, 0.3) is 5.91 Å². The lowest BCUT2D eigenvalue weighted by Crippen LogP contribution is -2.31. The van der Waals surface area contributed by atoms with E-state index in [0.717, 1.165) is 18.9 Å². The molecule has 2 aromatic rings. The van der Waals surface area contributed by atoms with Crippen molar-refractivity contribution in [2.24, 2.45) is 0 Å². The van der Waals surface area contributed by atoms with E-state index >= 15 is 0 Å². The number of hydrogen-bond acceptors (Lipinski definition) is 5. The van der Waals surface area contributed by atoms with E-state index in [9.17, 15) is 4.79 Å². The van der Waals surface area contributed by atoms with Gasteiger partial charge in [-0.25, -0.2) is 0 Å². The second kappa shape index (κ2) is 7.40. The highest BCUT2D eigenvalue weighted by molar-refractivity contribution is 5.91. The molecule has 1 N–H and O–H groups in total. The normalized spacial score (nSPS) is 10.1. The monoisotopic (exact) mass is 299 g/mol. The molecule has 0 unspecified atom stereocenters. The van der Waals surface area contributed by atoms with Gasteiger partial charge in [-0.2, -0.15) is 0 Å². The highest BCUT2D eigenvalue weighted by Gasteiger charge is 2.09. The van der Waals surface area contributed by atoms with Crippen LogP contribution in [0.5, 0.6) is 0 Å². The molecule has 0 radical (unpaired) electrons. The quantitative estimate of drug-likeness (QED) is 0.874. The van der Waals surface area contributed by atoms with Crippen LogP contribution in [0.4, 0.5) is 11.5 Å². The number of carbonyl (C=O) groups excluding carboxylic acids is 1. The highest BCUT2D eigenvalue weighted by atomic mass is 16.1. The number of nitrogens with one attached hydrogen (secondary N) is 1. The standard InChI is InChI=1S/C16H21N5O/c1-17-16(22)14-9-10-15(19-18-14)21(3)12-11-20(2)13-7-5-4-6-8-13/h4-10H,11-12H2,1-3H3,(H,17,22). The Bertz CT molecular complexity index is 600. The van der Waals surface area contributed by atoms with E-state index in [1.807, 2.05) is 30.1 Å². The Labute approximate surface area is 130 Å². The number of rotatable bonds is 6. The molecule has 0 aliphatic heterocycles. The summed E-state index contributed by atoms with van der Waals surface area (Å²) in [4.78, 5) is 15.6. The van der Waals surface area contributed by atoms with Gasteiger partial charge in [-0.05, 0) is 24.3 Å². The van der Waals surface area contributed by atoms with Gasteiger partial charge in [-0.3, -0.25) is 4.79 Å². The SMILES string of the molecule is CNC(=O)c1ccc(N(C)CCN(C)c2ccccc2)nn1. The maximum Gasteiger partial charge on any atom is 0.271 e. The summed E-state index contributed by atoms with van der Waals surface area (Å²) < 4.78 is 0. The van der Waals surface area contributed by atoms with E-state index in [-0.39, 0.29) is 5.91 Å². The number of anilines is 2. The van der Waals surface area contributed by atoms with E-state index < -0.39 is 0 Å². The molecule has 6 nitrogen and oxygen atoms in total. The first-order chi connectivity index (χ1) is 10.6. The fourth-order valence-corrected chi connectivity index (χ4v) is 2.00. The predicted molar refractivity (Wildman–Crippen MR) is 88.4 cm³/mol. The minimum atomic E-state index is -0.231. The Hall–Kier alpha value is -2.63. The summed E-state index contributed by atoms with van der Waals surface area (Å²) in [6, 6.07) is 13.7. The molecule has 1 amide bonds. The molecule has 0 saturated heterocycles. The number of para-hydroxylation sites is 1. The topological polar surface area (TPSA) is 61.4 Å². The molecule has 0 saturated carbocycles. The zero-order chi connectivity index (χ0) is 15.9. The first-order valence-electron chi connectivity index (χ1n) is 7.15. The third-order valence-corrected chi connectivity index (χ3v) is 3.47. The van der Waals surface area contributed by atoms with Gasteiger partial charge in [0.05, 0.1) is 0 Å².